The highest BCUT2D eigenvalue weighted by molar-refractivity contribution is 5.74. The molecule has 0 unspecified atom stereocenters. The third-order valence-electron chi connectivity index (χ3n) is 3.23. The van der Waals surface area contributed by atoms with E-state index >= 15 is 0 Å². The molecular formula is C15H23N3O3. The number of carbonyl (C=O) groups is 1. The van der Waals surface area contributed by atoms with E-state index in [-0.39, 0.29) is 18.2 Å². The molecule has 0 spiro atoms. The second kappa shape index (κ2) is 7.26. The maximum Gasteiger partial charge on any atom is 0.318 e. The number of hydrogen-bond donors (Lipinski definition) is 1. The van der Waals surface area contributed by atoms with Crippen LogP contribution in [-0.2, 0) is 11.3 Å². The SMILES string of the molecule is CC(C)Oc1ccc(CNC(=O)N2CCOC[C@H]2C)cn1. The summed E-state index contributed by atoms with van der Waals surface area (Å²) in [6, 6.07) is 3.78. The van der Waals surface area contributed by atoms with E-state index in [1.165, 1.54) is 0 Å². The number of ether oxygens (including phenoxy) is 2. The highest BCUT2D eigenvalue weighted by Gasteiger charge is 2.23. The minimum atomic E-state index is -0.0618. The van der Waals surface area contributed by atoms with E-state index in [1.807, 2.05) is 32.9 Å². The summed E-state index contributed by atoms with van der Waals surface area (Å²) in [4.78, 5) is 18.1. The van der Waals surface area contributed by atoms with E-state index in [9.17, 15) is 4.79 Å². The summed E-state index contributed by atoms with van der Waals surface area (Å²) >= 11 is 0. The summed E-state index contributed by atoms with van der Waals surface area (Å²) in [5.74, 6) is 0.599. The smallest absolute Gasteiger partial charge is 0.318 e. The summed E-state index contributed by atoms with van der Waals surface area (Å²) < 4.78 is 10.8. The fourth-order valence-corrected chi connectivity index (χ4v) is 2.13. The van der Waals surface area contributed by atoms with Gasteiger partial charge in [0.25, 0.3) is 0 Å². The molecule has 0 bridgehead atoms. The first-order valence-electron chi connectivity index (χ1n) is 7.30. The van der Waals surface area contributed by atoms with Crippen molar-refractivity contribution in [2.24, 2.45) is 0 Å². The molecule has 1 aliphatic heterocycles. The van der Waals surface area contributed by atoms with Gasteiger partial charge < -0.3 is 19.7 Å². The van der Waals surface area contributed by atoms with Crippen molar-refractivity contribution in [1.82, 2.24) is 15.2 Å². The Bertz CT molecular complexity index is 462. The van der Waals surface area contributed by atoms with Crippen LogP contribution in [0.3, 0.4) is 0 Å². The van der Waals surface area contributed by atoms with Gasteiger partial charge in [-0.2, -0.15) is 0 Å². The summed E-state index contributed by atoms with van der Waals surface area (Å²) in [6.07, 6.45) is 1.83. The zero-order valence-corrected chi connectivity index (χ0v) is 12.8. The zero-order valence-electron chi connectivity index (χ0n) is 12.8. The van der Waals surface area contributed by atoms with Crippen LogP contribution < -0.4 is 10.1 Å². The highest BCUT2D eigenvalue weighted by atomic mass is 16.5. The van der Waals surface area contributed by atoms with Gasteiger partial charge in [-0.1, -0.05) is 6.07 Å². The molecule has 21 heavy (non-hydrogen) atoms. The normalized spacial score (nSPS) is 18.7. The van der Waals surface area contributed by atoms with Gasteiger partial charge in [-0.3, -0.25) is 0 Å². The third-order valence-corrected chi connectivity index (χ3v) is 3.23. The van der Waals surface area contributed by atoms with E-state index < -0.39 is 0 Å². The number of amides is 2. The van der Waals surface area contributed by atoms with E-state index in [4.69, 9.17) is 9.47 Å². The van der Waals surface area contributed by atoms with Crippen LogP contribution in [0.5, 0.6) is 5.88 Å². The van der Waals surface area contributed by atoms with Crippen LogP contribution in [0.25, 0.3) is 0 Å². The molecule has 0 aliphatic carbocycles. The van der Waals surface area contributed by atoms with Gasteiger partial charge in [0.2, 0.25) is 5.88 Å². The maximum atomic E-state index is 12.1. The molecular weight excluding hydrogens is 270 g/mol. The Morgan fingerprint density at radius 1 is 1.57 bits per heavy atom. The second-order valence-corrected chi connectivity index (χ2v) is 5.45. The molecule has 6 heteroatoms. The number of aromatic nitrogens is 1. The third kappa shape index (κ3) is 4.60. The summed E-state index contributed by atoms with van der Waals surface area (Å²) in [7, 11) is 0. The first-order valence-corrected chi connectivity index (χ1v) is 7.30. The molecule has 0 radical (unpaired) electrons. The quantitative estimate of drug-likeness (QED) is 0.919. The fraction of sp³-hybridized carbons (Fsp3) is 0.600. The van der Waals surface area contributed by atoms with Crippen molar-refractivity contribution < 1.29 is 14.3 Å². The summed E-state index contributed by atoms with van der Waals surface area (Å²) in [5, 5.41) is 2.91. The fourth-order valence-electron chi connectivity index (χ4n) is 2.13. The number of nitrogens with one attached hydrogen (secondary N) is 1. The first-order chi connectivity index (χ1) is 10.1. The van der Waals surface area contributed by atoms with E-state index in [2.05, 4.69) is 10.3 Å². The van der Waals surface area contributed by atoms with Crippen molar-refractivity contribution in [3.8, 4) is 5.88 Å². The average molecular weight is 293 g/mol. The molecule has 1 N–H and O–H groups in total. The van der Waals surface area contributed by atoms with Crippen molar-refractivity contribution in [3.63, 3.8) is 0 Å². The lowest BCUT2D eigenvalue weighted by molar-refractivity contribution is 0.0190. The van der Waals surface area contributed by atoms with E-state index in [1.54, 1.807) is 11.1 Å². The van der Waals surface area contributed by atoms with Crippen LogP contribution in [0.1, 0.15) is 26.3 Å². The lowest BCUT2D eigenvalue weighted by atomic mass is 10.2. The monoisotopic (exact) mass is 293 g/mol. The van der Waals surface area contributed by atoms with Crippen LogP contribution in [0.2, 0.25) is 0 Å². The molecule has 1 aromatic rings. The number of rotatable bonds is 4. The average Bonchev–Trinajstić information content (AvgIpc) is 2.46. The summed E-state index contributed by atoms with van der Waals surface area (Å²) in [6.45, 7) is 8.18. The van der Waals surface area contributed by atoms with Gasteiger partial charge in [-0.05, 0) is 26.3 Å². The van der Waals surface area contributed by atoms with Crippen LogP contribution in [0.4, 0.5) is 4.79 Å². The molecule has 2 amide bonds. The van der Waals surface area contributed by atoms with Crippen molar-refractivity contribution in [2.75, 3.05) is 19.8 Å². The van der Waals surface area contributed by atoms with Gasteiger partial charge >= 0.3 is 6.03 Å². The van der Waals surface area contributed by atoms with E-state index in [0.29, 0.717) is 32.2 Å². The Morgan fingerprint density at radius 3 is 3.00 bits per heavy atom. The molecule has 1 saturated heterocycles. The predicted octanol–water partition coefficient (Wildman–Crippen LogP) is 1.80. The van der Waals surface area contributed by atoms with Crippen molar-refractivity contribution in [1.29, 1.82) is 0 Å². The van der Waals surface area contributed by atoms with Gasteiger partial charge in [0.15, 0.2) is 0 Å². The summed E-state index contributed by atoms with van der Waals surface area (Å²) in [5.41, 5.74) is 0.945. The van der Waals surface area contributed by atoms with Crippen LogP contribution in [-0.4, -0.2) is 47.8 Å². The van der Waals surface area contributed by atoms with Crippen LogP contribution >= 0.6 is 0 Å². The number of morpholine rings is 1. The van der Waals surface area contributed by atoms with Gasteiger partial charge in [0.05, 0.1) is 25.4 Å². The molecule has 1 aromatic heterocycles. The van der Waals surface area contributed by atoms with Crippen molar-refractivity contribution in [2.45, 2.75) is 39.5 Å². The molecule has 116 valence electrons. The first kappa shape index (κ1) is 15.6. The predicted molar refractivity (Wildman–Crippen MR) is 79.2 cm³/mol. The molecule has 1 aliphatic rings. The Balaban J connectivity index is 1.83. The molecule has 1 fully saturated rings. The molecule has 0 aromatic carbocycles. The minimum absolute atomic E-state index is 0.0618. The molecule has 6 nitrogen and oxygen atoms in total. The second-order valence-electron chi connectivity index (χ2n) is 5.45. The largest absolute Gasteiger partial charge is 0.475 e. The molecule has 0 saturated carbocycles. The van der Waals surface area contributed by atoms with Gasteiger partial charge in [-0.25, -0.2) is 9.78 Å². The molecule has 2 rings (SSSR count). The minimum Gasteiger partial charge on any atom is -0.475 e. The van der Waals surface area contributed by atoms with Gasteiger partial charge in [-0.15, -0.1) is 0 Å². The van der Waals surface area contributed by atoms with Crippen molar-refractivity contribution >= 4 is 6.03 Å². The number of urea groups is 1. The number of pyridine rings is 1. The highest BCUT2D eigenvalue weighted by Crippen LogP contribution is 2.10. The van der Waals surface area contributed by atoms with Gasteiger partial charge in [0.1, 0.15) is 0 Å². The van der Waals surface area contributed by atoms with Crippen LogP contribution in [0.15, 0.2) is 18.3 Å². The Labute approximate surface area is 125 Å². The zero-order chi connectivity index (χ0) is 15.2. The number of nitrogens with zero attached hydrogens (tertiary/aromatic N) is 2. The Kier molecular flexibility index (Phi) is 5.38. The molecule has 2 heterocycles. The Hall–Kier alpha value is -1.82. The number of hydrogen-bond acceptors (Lipinski definition) is 4. The lowest BCUT2D eigenvalue weighted by Gasteiger charge is -2.33. The number of carbonyl (C=O) groups excluding carboxylic acids is 1. The standard InChI is InChI=1S/C15H23N3O3/c1-11(2)21-14-5-4-13(8-16-14)9-17-15(19)18-6-7-20-10-12(18)3/h4-5,8,11-12H,6-7,9-10H2,1-3H3,(H,17,19)/t12-/m1/s1. The van der Waals surface area contributed by atoms with Crippen LogP contribution in [0, 0.1) is 0 Å². The van der Waals surface area contributed by atoms with Crippen molar-refractivity contribution in [3.05, 3.63) is 23.9 Å². The topological polar surface area (TPSA) is 63.7 Å². The molecule has 1 atom stereocenters. The van der Waals surface area contributed by atoms with Gasteiger partial charge in [0, 0.05) is 25.4 Å². The maximum absolute atomic E-state index is 12.1. The Morgan fingerprint density at radius 2 is 2.38 bits per heavy atom. The lowest BCUT2D eigenvalue weighted by Crippen LogP contribution is -2.51. The van der Waals surface area contributed by atoms with E-state index in [0.717, 1.165) is 5.56 Å².